The molecule has 1 aliphatic heterocycles. The molecule has 0 radical (unpaired) electrons. The van der Waals surface area contributed by atoms with Crippen molar-refractivity contribution in [3.05, 3.63) is 58.3 Å². The number of halogens is 1. The smallest absolute Gasteiger partial charge is 0.250 e. The molecule has 2 aromatic rings. The molecular weight excluding hydrogens is 299 g/mol. The van der Waals surface area contributed by atoms with E-state index in [1.54, 1.807) is 12.3 Å². The number of aromatic amines is 1. The Bertz CT molecular complexity index is 706. The van der Waals surface area contributed by atoms with Crippen molar-refractivity contribution in [1.82, 2.24) is 19.9 Å². The van der Waals surface area contributed by atoms with Crippen LogP contribution in [0.2, 0.25) is 0 Å². The Morgan fingerprint density at radius 2 is 2.35 bits per heavy atom. The van der Waals surface area contributed by atoms with Crippen LogP contribution in [-0.4, -0.2) is 46.2 Å². The third-order valence-electron chi connectivity index (χ3n) is 3.86. The summed E-state index contributed by atoms with van der Waals surface area (Å²) in [7, 11) is 0. The molecule has 0 spiro atoms. The monoisotopic (exact) mass is 318 g/mol. The van der Waals surface area contributed by atoms with Gasteiger partial charge in [0, 0.05) is 43.5 Å². The molecule has 23 heavy (non-hydrogen) atoms. The van der Waals surface area contributed by atoms with Gasteiger partial charge in [-0.3, -0.25) is 14.7 Å². The van der Waals surface area contributed by atoms with Gasteiger partial charge in [0.05, 0.1) is 25.2 Å². The van der Waals surface area contributed by atoms with Crippen LogP contribution in [0.5, 0.6) is 0 Å². The molecule has 0 bridgehead atoms. The van der Waals surface area contributed by atoms with Gasteiger partial charge in [0.1, 0.15) is 5.82 Å². The highest BCUT2D eigenvalue weighted by Crippen LogP contribution is 2.15. The molecule has 0 aromatic carbocycles. The van der Waals surface area contributed by atoms with Crippen molar-refractivity contribution in [1.29, 1.82) is 0 Å². The molecule has 3 rings (SSSR count). The predicted octanol–water partition coefficient (Wildman–Crippen LogP) is 0.995. The molecule has 1 unspecified atom stereocenters. The van der Waals surface area contributed by atoms with Crippen LogP contribution < -0.4 is 5.56 Å². The lowest BCUT2D eigenvalue weighted by atomic mass is 10.0. The van der Waals surface area contributed by atoms with E-state index in [1.807, 2.05) is 0 Å². The topological polar surface area (TPSA) is 71.1 Å². The van der Waals surface area contributed by atoms with E-state index in [9.17, 15) is 9.18 Å². The molecule has 6 nitrogen and oxygen atoms in total. The van der Waals surface area contributed by atoms with Gasteiger partial charge in [0.15, 0.2) is 0 Å². The van der Waals surface area contributed by atoms with Crippen molar-refractivity contribution < 1.29 is 9.13 Å². The third kappa shape index (κ3) is 4.43. The number of nitrogens with one attached hydrogen (secondary N) is 1. The van der Waals surface area contributed by atoms with Crippen LogP contribution in [0.1, 0.15) is 11.4 Å². The van der Waals surface area contributed by atoms with Crippen LogP contribution in [-0.2, 0) is 17.7 Å². The average Bonchev–Trinajstić information content (AvgIpc) is 2.75. The Balaban J connectivity index is 1.66. The number of H-pyrrole nitrogens is 1. The quantitative estimate of drug-likeness (QED) is 0.910. The molecule has 0 amide bonds. The van der Waals surface area contributed by atoms with Crippen molar-refractivity contribution in [2.45, 2.75) is 13.0 Å². The third-order valence-corrected chi connectivity index (χ3v) is 3.86. The largest absolute Gasteiger partial charge is 0.380 e. The minimum absolute atomic E-state index is 0.156. The fourth-order valence-electron chi connectivity index (χ4n) is 2.78. The van der Waals surface area contributed by atoms with Gasteiger partial charge in [-0.1, -0.05) is 0 Å². The van der Waals surface area contributed by atoms with E-state index in [0.717, 1.165) is 18.8 Å². The molecule has 1 fully saturated rings. The number of aromatic nitrogens is 3. The molecule has 7 heteroatoms. The highest BCUT2D eigenvalue weighted by atomic mass is 19.1. The first-order valence-electron chi connectivity index (χ1n) is 7.64. The molecule has 1 aliphatic rings. The van der Waals surface area contributed by atoms with E-state index in [2.05, 4.69) is 19.9 Å². The first kappa shape index (κ1) is 15.8. The molecule has 122 valence electrons. The summed E-state index contributed by atoms with van der Waals surface area (Å²) in [5.41, 5.74) is 1.03. The number of pyridine rings is 1. The minimum Gasteiger partial charge on any atom is -0.380 e. The standard InChI is InChI=1S/C16H19FN4O2/c17-14-2-1-3-18-15(14)9-21-4-5-23-10-12(8-21)6-13-7-16(22)20-11-19-13/h1-3,7,11-12H,4-6,8-10H2,(H,19,20,22). The van der Waals surface area contributed by atoms with Gasteiger partial charge in [-0.2, -0.15) is 0 Å². The average molecular weight is 318 g/mol. The number of hydrogen-bond acceptors (Lipinski definition) is 5. The summed E-state index contributed by atoms with van der Waals surface area (Å²) >= 11 is 0. The molecule has 3 heterocycles. The van der Waals surface area contributed by atoms with E-state index in [-0.39, 0.29) is 17.3 Å². The predicted molar refractivity (Wildman–Crippen MR) is 82.3 cm³/mol. The molecule has 2 aromatic heterocycles. The van der Waals surface area contributed by atoms with Crippen LogP contribution in [0.15, 0.2) is 35.5 Å². The van der Waals surface area contributed by atoms with E-state index in [4.69, 9.17) is 4.74 Å². The zero-order valence-corrected chi connectivity index (χ0v) is 12.7. The number of nitrogens with zero attached hydrogens (tertiary/aromatic N) is 3. The lowest BCUT2D eigenvalue weighted by Gasteiger charge is -2.22. The second-order valence-electron chi connectivity index (χ2n) is 5.71. The number of hydrogen-bond donors (Lipinski definition) is 1. The summed E-state index contributed by atoms with van der Waals surface area (Å²) in [4.78, 5) is 24.3. The Labute approximate surface area is 133 Å². The second kappa shape index (κ2) is 7.43. The fraction of sp³-hybridized carbons (Fsp3) is 0.438. The van der Waals surface area contributed by atoms with Gasteiger partial charge >= 0.3 is 0 Å². The Kier molecular flexibility index (Phi) is 5.09. The van der Waals surface area contributed by atoms with E-state index >= 15 is 0 Å². The van der Waals surface area contributed by atoms with Crippen LogP contribution in [0.25, 0.3) is 0 Å². The highest BCUT2D eigenvalue weighted by molar-refractivity contribution is 5.07. The van der Waals surface area contributed by atoms with Gasteiger partial charge in [0.2, 0.25) is 0 Å². The molecule has 0 aliphatic carbocycles. The van der Waals surface area contributed by atoms with Crippen LogP contribution in [0, 0.1) is 11.7 Å². The first-order chi connectivity index (χ1) is 11.2. The Hall–Kier alpha value is -2.12. The van der Waals surface area contributed by atoms with E-state index in [1.165, 1.54) is 18.5 Å². The van der Waals surface area contributed by atoms with E-state index < -0.39 is 0 Å². The maximum absolute atomic E-state index is 13.8. The summed E-state index contributed by atoms with van der Waals surface area (Å²) < 4.78 is 19.4. The van der Waals surface area contributed by atoms with Crippen LogP contribution in [0.4, 0.5) is 4.39 Å². The van der Waals surface area contributed by atoms with Gasteiger partial charge in [-0.05, 0) is 18.6 Å². The van der Waals surface area contributed by atoms with Crippen LogP contribution >= 0.6 is 0 Å². The maximum atomic E-state index is 13.8. The first-order valence-corrected chi connectivity index (χ1v) is 7.64. The molecule has 1 atom stereocenters. The Morgan fingerprint density at radius 3 is 3.17 bits per heavy atom. The van der Waals surface area contributed by atoms with Gasteiger partial charge in [-0.25, -0.2) is 9.37 Å². The maximum Gasteiger partial charge on any atom is 0.250 e. The molecule has 1 saturated heterocycles. The van der Waals surface area contributed by atoms with Crippen molar-refractivity contribution in [2.24, 2.45) is 5.92 Å². The minimum atomic E-state index is -0.287. The summed E-state index contributed by atoms with van der Waals surface area (Å²) in [6, 6.07) is 4.52. The molecule has 1 N–H and O–H groups in total. The molecule has 0 saturated carbocycles. The lowest BCUT2D eigenvalue weighted by molar-refractivity contribution is 0.121. The van der Waals surface area contributed by atoms with Crippen molar-refractivity contribution in [3.8, 4) is 0 Å². The molecular formula is C16H19FN4O2. The van der Waals surface area contributed by atoms with Crippen LogP contribution in [0.3, 0.4) is 0 Å². The highest BCUT2D eigenvalue weighted by Gasteiger charge is 2.21. The zero-order chi connectivity index (χ0) is 16.1. The summed E-state index contributed by atoms with van der Waals surface area (Å²) in [6.45, 7) is 3.15. The number of rotatable bonds is 4. The van der Waals surface area contributed by atoms with Gasteiger partial charge < -0.3 is 9.72 Å². The summed E-state index contributed by atoms with van der Waals surface area (Å²) in [5.74, 6) is -0.0796. The number of ether oxygens (including phenoxy) is 1. The van der Waals surface area contributed by atoms with Crippen molar-refractivity contribution in [2.75, 3.05) is 26.3 Å². The fourth-order valence-corrected chi connectivity index (χ4v) is 2.78. The van der Waals surface area contributed by atoms with Gasteiger partial charge in [-0.15, -0.1) is 0 Å². The Morgan fingerprint density at radius 1 is 1.43 bits per heavy atom. The zero-order valence-electron chi connectivity index (χ0n) is 12.7. The van der Waals surface area contributed by atoms with Gasteiger partial charge in [0.25, 0.3) is 5.56 Å². The summed E-state index contributed by atoms with van der Waals surface area (Å²) in [5, 5.41) is 0. The summed E-state index contributed by atoms with van der Waals surface area (Å²) in [6.07, 6.45) is 3.67. The SMILES string of the molecule is O=c1cc(CC2COCCN(Cc3ncccc3F)C2)nc[nH]1. The van der Waals surface area contributed by atoms with Crippen molar-refractivity contribution >= 4 is 0 Å². The normalized spacial score (nSPS) is 19.4. The second-order valence-corrected chi connectivity index (χ2v) is 5.71. The van der Waals surface area contributed by atoms with E-state index in [0.29, 0.717) is 31.9 Å². The lowest BCUT2D eigenvalue weighted by Crippen LogP contribution is -2.31. The van der Waals surface area contributed by atoms with Crippen molar-refractivity contribution in [3.63, 3.8) is 0 Å².